The Hall–Kier alpha value is -4.17. The minimum Gasteiger partial charge on any atom is -0.483 e. The fourth-order valence-electron chi connectivity index (χ4n) is 4.65. The molecule has 1 atom stereocenters. The van der Waals surface area contributed by atoms with Crippen molar-refractivity contribution in [3.63, 3.8) is 0 Å². The van der Waals surface area contributed by atoms with E-state index in [0.717, 1.165) is 35.1 Å². The van der Waals surface area contributed by atoms with Crippen LogP contribution < -0.4 is 15.9 Å². The van der Waals surface area contributed by atoms with Crippen LogP contribution in [0.4, 0.5) is 0 Å². The summed E-state index contributed by atoms with van der Waals surface area (Å²) in [6.45, 7) is 7.96. The monoisotopic (exact) mass is 547 g/mol. The third kappa shape index (κ3) is 5.66. The molecule has 2 N–H and O–H groups in total. The van der Waals surface area contributed by atoms with E-state index < -0.39 is 12.0 Å². The van der Waals surface area contributed by atoms with Gasteiger partial charge in [0.05, 0.1) is 5.39 Å². The number of hydrogen-bond acceptors (Lipinski definition) is 6. The second kappa shape index (κ2) is 11.3. The maximum Gasteiger partial charge on any atom is 0.271 e. The summed E-state index contributed by atoms with van der Waals surface area (Å²) in [5.74, 6) is -0.138. The highest BCUT2D eigenvalue weighted by Gasteiger charge is 2.22. The normalized spacial score (nSPS) is 11.8. The number of nitrogens with zero attached hydrogens (tertiary/aromatic N) is 2. The summed E-state index contributed by atoms with van der Waals surface area (Å²) >= 11 is 5.94. The first-order valence-electron chi connectivity index (χ1n) is 12.5. The number of rotatable bonds is 9. The van der Waals surface area contributed by atoms with Crippen LogP contribution in [0.15, 0.2) is 51.7 Å². The number of amides is 2. The van der Waals surface area contributed by atoms with Gasteiger partial charge in [-0.2, -0.15) is 0 Å². The molecule has 202 valence electrons. The number of aryl methyl sites for hydroxylation is 2. The van der Waals surface area contributed by atoms with Crippen molar-refractivity contribution >= 4 is 34.9 Å². The van der Waals surface area contributed by atoms with Gasteiger partial charge in [-0.25, -0.2) is 4.98 Å². The molecule has 8 nitrogen and oxygen atoms in total. The van der Waals surface area contributed by atoms with Crippen LogP contribution in [-0.2, 0) is 17.8 Å². The van der Waals surface area contributed by atoms with Crippen molar-refractivity contribution in [2.75, 3.05) is 7.05 Å². The van der Waals surface area contributed by atoms with Gasteiger partial charge >= 0.3 is 0 Å². The number of ether oxygens (including phenoxy) is 1. The van der Waals surface area contributed by atoms with E-state index in [4.69, 9.17) is 26.5 Å². The predicted molar refractivity (Wildman–Crippen MR) is 151 cm³/mol. The molecule has 0 radical (unpaired) electrons. The van der Waals surface area contributed by atoms with E-state index >= 15 is 0 Å². The smallest absolute Gasteiger partial charge is 0.271 e. The summed E-state index contributed by atoms with van der Waals surface area (Å²) in [4.78, 5) is 42.2. The molecule has 2 heterocycles. The fourth-order valence-corrected chi connectivity index (χ4v) is 4.80. The summed E-state index contributed by atoms with van der Waals surface area (Å²) < 4.78 is 12.6. The van der Waals surface area contributed by atoms with E-state index in [2.05, 4.69) is 4.98 Å². The highest BCUT2D eigenvalue weighted by molar-refractivity contribution is 6.29. The molecule has 39 heavy (non-hydrogen) atoms. The molecular weight excluding hydrogens is 518 g/mol. The first-order valence-corrected chi connectivity index (χ1v) is 12.9. The Morgan fingerprint density at radius 3 is 2.59 bits per heavy atom. The molecule has 2 aromatic carbocycles. The third-order valence-electron chi connectivity index (χ3n) is 6.64. The Morgan fingerprint density at radius 1 is 1.18 bits per heavy atom. The summed E-state index contributed by atoms with van der Waals surface area (Å²) in [6.07, 6.45) is 0.915. The molecule has 4 aromatic rings. The second-order valence-electron chi connectivity index (χ2n) is 9.58. The van der Waals surface area contributed by atoms with E-state index in [1.165, 1.54) is 12.1 Å². The van der Waals surface area contributed by atoms with E-state index in [0.29, 0.717) is 34.4 Å². The lowest BCUT2D eigenvalue weighted by atomic mass is 9.97. The Kier molecular flexibility index (Phi) is 8.06. The molecular formula is C30H30ClN3O5. The van der Waals surface area contributed by atoms with Gasteiger partial charge in [0.15, 0.2) is 16.9 Å². The number of carbonyl (C=O) groups excluding carboxylic acids is 2. The SMILES string of the molecule is CCc1cc(-c2oc3c(C(C)Oc4ccc(Cl)nc4C(N)=O)cc(C)cc3c(=O)c2C)ccc1CN(C)C=O. The van der Waals surface area contributed by atoms with Crippen molar-refractivity contribution in [2.24, 2.45) is 5.73 Å². The van der Waals surface area contributed by atoms with Crippen molar-refractivity contribution in [2.45, 2.75) is 46.8 Å². The molecule has 1 unspecified atom stereocenters. The van der Waals surface area contributed by atoms with E-state index in [1.807, 2.05) is 38.1 Å². The lowest BCUT2D eigenvalue weighted by Gasteiger charge is -2.19. The van der Waals surface area contributed by atoms with Gasteiger partial charge in [-0.1, -0.05) is 30.7 Å². The molecule has 0 saturated carbocycles. The highest BCUT2D eigenvalue weighted by atomic mass is 35.5. The fraction of sp³-hybridized carbons (Fsp3) is 0.267. The molecule has 2 aromatic heterocycles. The lowest BCUT2D eigenvalue weighted by Crippen LogP contribution is -2.17. The minimum atomic E-state index is -0.771. The molecule has 0 aliphatic rings. The first kappa shape index (κ1) is 27.9. The number of primary amides is 1. The van der Waals surface area contributed by atoms with Gasteiger partial charge in [0.25, 0.3) is 5.91 Å². The Morgan fingerprint density at radius 2 is 1.92 bits per heavy atom. The Labute approximate surface area is 231 Å². The third-order valence-corrected chi connectivity index (χ3v) is 6.85. The van der Waals surface area contributed by atoms with Crippen LogP contribution in [0.2, 0.25) is 5.15 Å². The average Bonchev–Trinajstić information content (AvgIpc) is 2.91. The predicted octanol–water partition coefficient (Wildman–Crippen LogP) is 5.51. The van der Waals surface area contributed by atoms with Crippen molar-refractivity contribution in [3.8, 4) is 17.1 Å². The van der Waals surface area contributed by atoms with Crippen LogP contribution >= 0.6 is 11.6 Å². The zero-order valence-corrected chi connectivity index (χ0v) is 23.3. The quantitative estimate of drug-likeness (QED) is 0.218. The number of fused-ring (bicyclic) bond motifs is 1. The maximum absolute atomic E-state index is 13.6. The summed E-state index contributed by atoms with van der Waals surface area (Å²) in [7, 11) is 1.73. The number of pyridine rings is 1. The van der Waals surface area contributed by atoms with Gasteiger partial charge in [-0.05, 0) is 74.2 Å². The first-order chi connectivity index (χ1) is 18.5. The number of carbonyl (C=O) groups is 2. The van der Waals surface area contributed by atoms with Crippen LogP contribution in [0, 0.1) is 13.8 Å². The van der Waals surface area contributed by atoms with Gasteiger partial charge in [-0.15, -0.1) is 0 Å². The van der Waals surface area contributed by atoms with Gasteiger partial charge in [-0.3, -0.25) is 14.4 Å². The van der Waals surface area contributed by atoms with Crippen molar-refractivity contribution < 1.29 is 18.7 Å². The van der Waals surface area contributed by atoms with Gasteiger partial charge in [0, 0.05) is 30.3 Å². The minimum absolute atomic E-state index is 0.0864. The number of nitrogens with two attached hydrogens (primary N) is 1. The molecule has 0 bridgehead atoms. The van der Waals surface area contributed by atoms with E-state index in [-0.39, 0.29) is 22.0 Å². The number of benzene rings is 2. The summed E-state index contributed by atoms with van der Waals surface area (Å²) in [5.41, 5.74) is 10.5. The molecule has 0 spiro atoms. The zero-order valence-electron chi connectivity index (χ0n) is 22.5. The van der Waals surface area contributed by atoms with Gasteiger partial charge in [0.2, 0.25) is 6.41 Å². The largest absolute Gasteiger partial charge is 0.483 e. The molecule has 4 rings (SSSR count). The standard InChI is InChI=1S/C30H30ClN3O5/c1-6-19-13-20(7-8-21(19)14-34(5)15-35)28-17(3)27(36)23-12-16(2)11-22(29(23)39-28)18(4)38-24-9-10-25(31)33-26(24)30(32)37/h7-13,15,18H,6,14H2,1-5H3,(H2,32,37). The lowest BCUT2D eigenvalue weighted by molar-refractivity contribution is -0.117. The Bertz CT molecular complexity index is 1650. The molecule has 0 aliphatic heterocycles. The van der Waals surface area contributed by atoms with Crippen LogP contribution in [0.1, 0.15) is 58.3 Å². The maximum atomic E-state index is 13.6. The number of hydrogen-bond donors (Lipinski definition) is 1. The average molecular weight is 548 g/mol. The van der Waals surface area contributed by atoms with Crippen LogP contribution in [0.25, 0.3) is 22.3 Å². The zero-order chi connectivity index (χ0) is 28.4. The topological polar surface area (TPSA) is 116 Å². The van der Waals surface area contributed by atoms with Crippen molar-refractivity contribution in [3.05, 3.63) is 91.4 Å². The van der Waals surface area contributed by atoms with E-state index in [1.54, 1.807) is 31.9 Å². The molecule has 0 aliphatic carbocycles. The molecule has 0 fully saturated rings. The summed E-state index contributed by atoms with van der Waals surface area (Å²) in [5, 5.41) is 0.553. The van der Waals surface area contributed by atoms with Crippen molar-refractivity contribution in [1.82, 2.24) is 9.88 Å². The summed E-state index contributed by atoms with van der Waals surface area (Å²) in [6, 6.07) is 12.6. The highest BCUT2D eigenvalue weighted by Crippen LogP contribution is 2.34. The van der Waals surface area contributed by atoms with Gasteiger partial charge in [0.1, 0.15) is 22.6 Å². The number of aromatic nitrogens is 1. The van der Waals surface area contributed by atoms with Crippen LogP contribution in [0.5, 0.6) is 5.75 Å². The van der Waals surface area contributed by atoms with Crippen molar-refractivity contribution in [1.29, 1.82) is 0 Å². The molecule has 0 saturated heterocycles. The van der Waals surface area contributed by atoms with Gasteiger partial charge < -0.3 is 19.8 Å². The molecule has 9 heteroatoms. The second-order valence-corrected chi connectivity index (χ2v) is 9.97. The van der Waals surface area contributed by atoms with E-state index in [9.17, 15) is 14.4 Å². The Balaban J connectivity index is 1.85. The number of halogens is 1. The van der Waals surface area contributed by atoms with Crippen LogP contribution in [0.3, 0.4) is 0 Å². The van der Waals surface area contributed by atoms with Crippen LogP contribution in [-0.4, -0.2) is 29.2 Å². The molecule has 2 amide bonds.